The van der Waals surface area contributed by atoms with Crippen molar-refractivity contribution in [2.24, 2.45) is 5.92 Å². The van der Waals surface area contributed by atoms with Crippen molar-refractivity contribution in [3.8, 4) is 0 Å². The SMILES string of the molecule is CCCCCCCCCCCCCCCCCC[C@H](CCCCCCCCCCC)CC(=O)O. The Kier molecular flexibility index (Phi) is 28.3. The van der Waals surface area contributed by atoms with E-state index in [9.17, 15) is 9.90 Å². The van der Waals surface area contributed by atoms with Gasteiger partial charge in [-0.15, -0.1) is 0 Å². The minimum absolute atomic E-state index is 0.385. The van der Waals surface area contributed by atoms with E-state index in [4.69, 9.17) is 0 Å². The number of unbranched alkanes of at least 4 members (excludes halogenated alkanes) is 23. The van der Waals surface area contributed by atoms with Crippen molar-refractivity contribution in [2.75, 3.05) is 0 Å². The Morgan fingerprint density at radius 2 is 0.676 bits per heavy atom. The molecule has 0 fully saturated rings. The number of rotatable bonds is 29. The van der Waals surface area contributed by atoms with Crippen molar-refractivity contribution in [2.45, 2.75) is 194 Å². The highest BCUT2D eigenvalue weighted by atomic mass is 16.4. The predicted molar refractivity (Wildman–Crippen MR) is 152 cm³/mol. The van der Waals surface area contributed by atoms with Gasteiger partial charge in [-0.1, -0.05) is 174 Å². The highest BCUT2D eigenvalue weighted by Crippen LogP contribution is 2.22. The third-order valence-electron chi connectivity index (χ3n) is 7.65. The van der Waals surface area contributed by atoms with Gasteiger partial charge in [-0.3, -0.25) is 4.79 Å². The summed E-state index contributed by atoms with van der Waals surface area (Å²) in [6.07, 6.45) is 37.1. The van der Waals surface area contributed by atoms with Crippen LogP contribution in [0.15, 0.2) is 0 Å². The number of hydrogen-bond donors (Lipinski definition) is 1. The summed E-state index contributed by atoms with van der Waals surface area (Å²) in [5.41, 5.74) is 0. The number of aliphatic carboxylic acids is 1. The molecule has 0 amide bonds. The van der Waals surface area contributed by atoms with Gasteiger partial charge in [0.2, 0.25) is 0 Å². The number of carboxylic acids is 1. The first kappa shape index (κ1) is 33.5. The molecule has 0 aliphatic rings. The lowest BCUT2D eigenvalue weighted by molar-refractivity contribution is -0.138. The molecule has 0 aromatic heterocycles. The van der Waals surface area contributed by atoms with Crippen molar-refractivity contribution in [3.63, 3.8) is 0 Å². The maximum atomic E-state index is 11.2. The molecule has 0 radical (unpaired) electrons. The van der Waals surface area contributed by atoms with E-state index < -0.39 is 5.97 Å². The molecule has 1 N–H and O–H groups in total. The number of carboxylic acid groups (broad SMARTS) is 1. The van der Waals surface area contributed by atoms with Gasteiger partial charge in [0.1, 0.15) is 0 Å². The zero-order chi connectivity index (χ0) is 25.0. The molecule has 0 spiro atoms. The summed E-state index contributed by atoms with van der Waals surface area (Å²) in [5, 5.41) is 9.26. The van der Waals surface area contributed by atoms with Gasteiger partial charge in [0.15, 0.2) is 0 Å². The average molecular weight is 481 g/mol. The smallest absolute Gasteiger partial charge is 0.303 e. The van der Waals surface area contributed by atoms with E-state index in [2.05, 4.69) is 13.8 Å². The lowest BCUT2D eigenvalue weighted by Crippen LogP contribution is -2.08. The average Bonchev–Trinajstić information content (AvgIpc) is 2.82. The molecule has 0 saturated carbocycles. The Morgan fingerprint density at radius 1 is 0.441 bits per heavy atom. The molecule has 2 heteroatoms. The van der Waals surface area contributed by atoms with E-state index in [0.29, 0.717) is 12.3 Å². The van der Waals surface area contributed by atoms with Crippen molar-refractivity contribution in [3.05, 3.63) is 0 Å². The second-order valence-electron chi connectivity index (χ2n) is 11.2. The van der Waals surface area contributed by atoms with E-state index in [1.807, 2.05) is 0 Å². The normalized spacial score (nSPS) is 12.3. The monoisotopic (exact) mass is 480 g/mol. The fourth-order valence-corrected chi connectivity index (χ4v) is 5.32. The topological polar surface area (TPSA) is 37.3 Å². The minimum Gasteiger partial charge on any atom is -0.481 e. The second kappa shape index (κ2) is 28.7. The molecule has 1 atom stereocenters. The molecule has 0 aliphatic carbocycles. The zero-order valence-electron chi connectivity index (χ0n) is 23.7. The fourth-order valence-electron chi connectivity index (χ4n) is 5.32. The fraction of sp³-hybridized carbons (Fsp3) is 0.969. The quantitative estimate of drug-likeness (QED) is 0.108. The first-order valence-corrected chi connectivity index (χ1v) is 15.9. The van der Waals surface area contributed by atoms with Crippen molar-refractivity contribution >= 4 is 5.97 Å². The molecular formula is C32H64O2. The summed E-state index contributed by atoms with van der Waals surface area (Å²) in [5.74, 6) is -0.189. The molecule has 0 aromatic rings. The third kappa shape index (κ3) is 27.7. The first-order chi connectivity index (χ1) is 16.7. The van der Waals surface area contributed by atoms with Crippen LogP contribution in [0.1, 0.15) is 194 Å². The molecule has 0 unspecified atom stereocenters. The standard InChI is InChI=1S/C32H64O2/c1-3-5-7-9-11-13-14-15-16-17-18-19-21-23-25-27-29-31(30-32(33)34)28-26-24-22-20-12-10-8-6-4-2/h31H,3-30H2,1-2H3,(H,33,34)/t31-/m0/s1. The Bertz CT molecular complexity index is 392. The molecule has 0 heterocycles. The maximum absolute atomic E-state index is 11.2. The molecular weight excluding hydrogens is 416 g/mol. The molecule has 204 valence electrons. The van der Waals surface area contributed by atoms with Crippen LogP contribution in [0, 0.1) is 5.92 Å². The van der Waals surface area contributed by atoms with Crippen LogP contribution in [0.2, 0.25) is 0 Å². The van der Waals surface area contributed by atoms with E-state index in [1.54, 1.807) is 0 Å². The van der Waals surface area contributed by atoms with Crippen LogP contribution in [0.3, 0.4) is 0 Å². The second-order valence-corrected chi connectivity index (χ2v) is 11.2. The van der Waals surface area contributed by atoms with Gasteiger partial charge >= 0.3 is 5.97 Å². The zero-order valence-corrected chi connectivity index (χ0v) is 23.7. The van der Waals surface area contributed by atoms with Crippen molar-refractivity contribution < 1.29 is 9.90 Å². The van der Waals surface area contributed by atoms with Gasteiger partial charge in [-0.05, 0) is 18.8 Å². The maximum Gasteiger partial charge on any atom is 0.303 e. The summed E-state index contributed by atoms with van der Waals surface area (Å²) in [6, 6.07) is 0. The molecule has 0 aromatic carbocycles. The van der Waals surface area contributed by atoms with Crippen LogP contribution in [-0.4, -0.2) is 11.1 Å². The van der Waals surface area contributed by atoms with Gasteiger partial charge in [-0.25, -0.2) is 0 Å². The Balaban J connectivity index is 3.47. The van der Waals surface area contributed by atoms with E-state index in [0.717, 1.165) is 12.8 Å². The lowest BCUT2D eigenvalue weighted by atomic mass is 9.91. The van der Waals surface area contributed by atoms with Crippen LogP contribution in [0.5, 0.6) is 0 Å². The molecule has 2 nitrogen and oxygen atoms in total. The van der Waals surface area contributed by atoms with Crippen molar-refractivity contribution in [1.29, 1.82) is 0 Å². The Morgan fingerprint density at radius 3 is 0.912 bits per heavy atom. The summed E-state index contributed by atoms with van der Waals surface area (Å²) >= 11 is 0. The summed E-state index contributed by atoms with van der Waals surface area (Å²) < 4.78 is 0. The largest absolute Gasteiger partial charge is 0.481 e. The van der Waals surface area contributed by atoms with E-state index >= 15 is 0 Å². The molecule has 0 aliphatic heterocycles. The van der Waals surface area contributed by atoms with Gasteiger partial charge in [-0.2, -0.15) is 0 Å². The van der Waals surface area contributed by atoms with Crippen LogP contribution in [0.4, 0.5) is 0 Å². The van der Waals surface area contributed by atoms with Crippen LogP contribution < -0.4 is 0 Å². The van der Waals surface area contributed by atoms with E-state index in [-0.39, 0.29) is 0 Å². The van der Waals surface area contributed by atoms with Gasteiger partial charge in [0, 0.05) is 6.42 Å². The first-order valence-electron chi connectivity index (χ1n) is 15.9. The van der Waals surface area contributed by atoms with Gasteiger partial charge in [0.05, 0.1) is 0 Å². The van der Waals surface area contributed by atoms with Gasteiger partial charge in [0.25, 0.3) is 0 Å². The number of hydrogen-bond acceptors (Lipinski definition) is 1. The van der Waals surface area contributed by atoms with Gasteiger partial charge < -0.3 is 5.11 Å². The highest BCUT2D eigenvalue weighted by molar-refractivity contribution is 5.66. The Hall–Kier alpha value is -0.530. The molecule has 0 bridgehead atoms. The summed E-state index contributed by atoms with van der Waals surface area (Å²) in [6.45, 7) is 4.56. The van der Waals surface area contributed by atoms with Crippen LogP contribution >= 0.6 is 0 Å². The number of carbonyl (C=O) groups is 1. The highest BCUT2D eigenvalue weighted by Gasteiger charge is 2.12. The van der Waals surface area contributed by atoms with Crippen LogP contribution in [-0.2, 0) is 4.79 Å². The lowest BCUT2D eigenvalue weighted by Gasteiger charge is -2.14. The summed E-state index contributed by atoms with van der Waals surface area (Å²) in [4.78, 5) is 11.2. The minimum atomic E-state index is -0.600. The molecule has 34 heavy (non-hydrogen) atoms. The van der Waals surface area contributed by atoms with Crippen molar-refractivity contribution in [1.82, 2.24) is 0 Å². The Labute approximate surface area is 215 Å². The van der Waals surface area contributed by atoms with E-state index in [1.165, 1.54) is 161 Å². The molecule has 0 rings (SSSR count). The predicted octanol–water partition coefficient (Wildman–Crippen LogP) is 11.6. The molecule has 0 saturated heterocycles. The summed E-state index contributed by atoms with van der Waals surface area (Å²) in [7, 11) is 0. The van der Waals surface area contributed by atoms with Crippen LogP contribution in [0.25, 0.3) is 0 Å². The third-order valence-corrected chi connectivity index (χ3v) is 7.65.